The van der Waals surface area contributed by atoms with E-state index >= 15 is 0 Å². The molecule has 4 nitrogen and oxygen atoms in total. The molecule has 0 amide bonds. The monoisotopic (exact) mass is 237 g/mol. The molecule has 0 aromatic carbocycles. The van der Waals surface area contributed by atoms with Crippen LogP contribution < -0.4 is 5.32 Å². The van der Waals surface area contributed by atoms with Crippen molar-refractivity contribution < 1.29 is 4.52 Å². The van der Waals surface area contributed by atoms with Crippen molar-refractivity contribution in [1.29, 1.82) is 0 Å². The zero-order chi connectivity index (χ0) is 10.8. The van der Waals surface area contributed by atoms with Crippen molar-refractivity contribution in [3.63, 3.8) is 0 Å². The molecular weight excluding hydrogens is 222 g/mol. The molecule has 2 fully saturated rings. The molecule has 2 aliphatic rings. The van der Waals surface area contributed by atoms with Crippen LogP contribution in [-0.2, 0) is 6.54 Å². The Morgan fingerprint density at radius 2 is 2.38 bits per heavy atom. The van der Waals surface area contributed by atoms with E-state index < -0.39 is 0 Å². The Balaban J connectivity index is 1.62. The van der Waals surface area contributed by atoms with Gasteiger partial charge < -0.3 is 9.84 Å². The third-order valence-electron chi connectivity index (χ3n) is 3.29. The first kappa shape index (κ1) is 10.2. The smallest absolute Gasteiger partial charge is 0.157 e. The second-order valence-electron chi connectivity index (χ2n) is 4.51. The molecule has 1 aliphatic carbocycles. The van der Waals surface area contributed by atoms with Crippen molar-refractivity contribution in [2.75, 3.05) is 5.75 Å². The first-order chi connectivity index (χ1) is 7.86. The second kappa shape index (κ2) is 4.13. The molecule has 1 N–H and O–H groups in total. The maximum Gasteiger partial charge on any atom is 0.157 e. The van der Waals surface area contributed by atoms with Gasteiger partial charge in [-0.1, -0.05) is 29.8 Å². The summed E-state index contributed by atoms with van der Waals surface area (Å²) in [7, 11) is 0. The van der Waals surface area contributed by atoms with E-state index in [2.05, 4.69) is 15.5 Å². The maximum absolute atomic E-state index is 4.78. The van der Waals surface area contributed by atoms with Gasteiger partial charge in [-0.2, -0.15) is 0 Å². The van der Waals surface area contributed by atoms with Gasteiger partial charge in [0.25, 0.3) is 0 Å². The number of hydrogen-bond donors (Lipinski definition) is 1. The zero-order valence-electron chi connectivity index (χ0n) is 9.11. The van der Waals surface area contributed by atoms with Gasteiger partial charge in [-0.15, -0.1) is 0 Å². The van der Waals surface area contributed by atoms with Gasteiger partial charge in [-0.3, -0.25) is 4.99 Å². The Hall–Kier alpha value is -0.970. The quantitative estimate of drug-likeness (QED) is 0.856. The summed E-state index contributed by atoms with van der Waals surface area (Å²) in [5, 5.41) is 8.50. The Kier molecular flexibility index (Phi) is 2.63. The minimum Gasteiger partial charge on any atom is -0.364 e. The van der Waals surface area contributed by atoms with Crippen molar-refractivity contribution in [2.45, 2.75) is 37.8 Å². The SMILES string of the molecule is c1cc(CN=C2NC3(CCCC3)CS2)no1. The fraction of sp³-hybridized carbons (Fsp3) is 0.636. The molecule has 1 saturated carbocycles. The van der Waals surface area contributed by atoms with Gasteiger partial charge in [0.05, 0.1) is 6.54 Å². The molecule has 1 spiro atoms. The topological polar surface area (TPSA) is 50.4 Å². The Morgan fingerprint density at radius 1 is 1.50 bits per heavy atom. The van der Waals surface area contributed by atoms with Crippen molar-refractivity contribution >= 4 is 16.9 Å². The van der Waals surface area contributed by atoms with E-state index in [0.717, 1.165) is 10.9 Å². The van der Waals surface area contributed by atoms with Crippen LogP contribution in [-0.4, -0.2) is 21.6 Å². The second-order valence-corrected chi connectivity index (χ2v) is 5.48. The third-order valence-corrected chi connectivity index (χ3v) is 4.50. The maximum atomic E-state index is 4.78. The lowest BCUT2D eigenvalue weighted by molar-refractivity contribution is 0.412. The molecular formula is C11H15N3OS. The number of nitrogens with zero attached hydrogens (tertiary/aromatic N) is 2. The molecule has 0 radical (unpaired) electrons. The van der Waals surface area contributed by atoms with Crippen LogP contribution in [0.1, 0.15) is 31.4 Å². The number of nitrogens with one attached hydrogen (secondary N) is 1. The summed E-state index contributed by atoms with van der Waals surface area (Å²) in [6.45, 7) is 0.613. The van der Waals surface area contributed by atoms with Crippen LogP contribution in [0.25, 0.3) is 0 Å². The predicted molar refractivity (Wildman–Crippen MR) is 64.4 cm³/mol. The first-order valence-corrected chi connectivity index (χ1v) is 6.70. The van der Waals surface area contributed by atoms with Crippen molar-refractivity contribution in [3.05, 3.63) is 18.0 Å². The van der Waals surface area contributed by atoms with E-state index in [-0.39, 0.29) is 0 Å². The Bertz CT molecular complexity index is 382. The summed E-state index contributed by atoms with van der Waals surface area (Å²) >= 11 is 1.84. The summed E-state index contributed by atoms with van der Waals surface area (Å²) in [6.07, 6.45) is 6.88. The number of aromatic nitrogens is 1. The normalized spacial score (nSPS) is 25.4. The minimum atomic E-state index is 0.354. The average Bonchev–Trinajstić information content (AvgIpc) is 3.01. The fourth-order valence-electron chi connectivity index (χ4n) is 2.38. The summed E-state index contributed by atoms with van der Waals surface area (Å²) in [5.74, 6) is 1.17. The lowest BCUT2D eigenvalue weighted by Gasteiger charge is -2.21. The van der Waals surface area contributed by atoms with Crippen molar-refractivity contribution in [3.8, 4) is 0 Å². The van der Waals surface area contributed by atoms with Gasteiger partial charge >= 0.3 is 0 Å². The summed E-state index contributed by atoms with van der Waals surface area (Å²) in [5.41, 5.74) is 1.25. The van der Waals surface area contributed by atoms with Crippen LogP contribution in [0, 0.1) is 0 Å². The fourth-order valence-corrected chi connectivity index (χ4v) is 3.60. The van der Waals surface area contributed by atoms with E-state index in [1.54, 1.807) is 6.26 Å². The third kappa shape index (κ3) is 1.96. The van der Waals surface area contributed by atoms with Gasteiger partial charge in [0.2, 0.25) is 0 Å². The standard InChI is InChI=1S/C11H15N3OS/c1-2-5-11(4-1)8-16-10(13-11)12-7-9-3-6-15-14-9/h3,6H,1-2,4-5,7-8H2,(H,12,13). The lowest BCUT2D eigenvalue weighted by Crippen LogP contribution is -2.40. The lowest BCUT2D eigenvalue weighted by atomic mass is 10.0. The van der Waals surface area contributed by atoms with Crippen molar-refractivity contribution in [2.24, 2.45) is 4.99 Å². The molecule has 2 heterocycles. The van der Waals surface area contributed by atoms with Gasteiger partial charge in [-0.25, -0.2) is 0 Å². The number of hydrogen-bond acceptors (Lipinski definition) is 4. The largest absolute Gasteiger partial charge is 0.364 e. The van der Waals surface area contributed by atoms with Crippen LogP contribution in [0.3, 0.4) is 0 Å². The van der Waals surface area contributed by atoms with Gasteiger partial charge in [-0.05, 0) is 12.8 Å². The first-order valence-electron chi connectivity index (χ1n) is 5.71. The summed E-state index contributed by atoms with van der Waals surface area (Å²) in [4.78, 5) is 4.53. The number of thioether (sulfide) groups is 1. The van der Waals surface area contributed by atoms with Crippen molar-refractivity contribution in [1.82, 2.24) is 10.5 Å². The molecule has 0 atom stereocenters. The van der Waals surface area contributed by atoms with Crippen LogP contribution in [0.2, 0.25) is 0 Å². The number of aliphatic imine (C=N–C) groups is 1. The molecule has 1 aromatic rings. The number of amidine groups is 1. The van der Waals surface area contributed by atoms with E-state index in [1.165, 1.54) is 31.4 Å². The van der Waals surface area contributed by atoms with Gasteiger partial charge in [0, 0.05) is 17.4 Å². The van der Waals surface area contributed by atoms with Crippen LogP contribution in [0.4, 0.5) is 0 Å². The van der Waals surface area contributed by atoms with Gasteiger partial charge in [0.15, 0.2) is 5.17 Å². The van der Waals surface area contributed by atoms with E-state index in [0.29, 0.717) is 12.1 Å². The molecule has 5 heteroatoms. The van der Waals surface area contributed by atoms with Crippen LogP contribution >= 0.6 is 11.8 Å². The number of rotatable bonds is 2. The van der Waals surface area contributed by atoms with Crippen LogP contribution in [0.5, 0.6) is 0 Å². The molecule has 86 valence electrons. The Labute approximate surface area is 98.9 Å². The average molecular weight is 237 g/mol. The molecule has 3 rings (SSSR count). The molecule has 1 aliphatic heterocycles. The van der Waals surface area contributed by atoms with Gasteiger partial charge in [0.1, 0.15) is 12.0 Å². The highest BCUT2D eigenvalue weighted by atomic mass is 32.2. The zero-order valence-corrected chi connectivity index (χ0v) is 9.92. The molecule has 1 saturated heterocycles. The molecule has 16 heavy (non-hydrogen) atoms. The molecule has 1 aromatic heterocycles. The minimum absolute atomic E-state index is 0.354. The highest BCUT2D eigenvalue weighted by Gasteiger charge is 2.39. The van der Waals surface area contributed by atoms with Crippen LogP contribution in [0.15, 0.2) is 21.8 Å². The Morgan fingerprint density at radius 3 is 3.12 bits per heavy atom. The highest BCUT2D eigenvalue weighted by molar-refractivity contribution is 8.14. The van der Waals surface area contributed by atoms with E-state index in [4.69, 9.17) is 4.52 Å². The summed E-state index contributed by atoms with van der Waals surface area (Å²) < 4.78 is 4.78. The molecule has 0 unspecified atom stereocenters. The highest BCUT2D eigenvalue weighted by Crippen LogP contribution is 2.37. The van der Waals surface area contributed by atoms with E-state index in [9.17, 15) is 0 Å². The predicted octanol–water partition coefficient (Wildman–Crippen LogP) is 2.18. The molecule has 0 bridgehead atoms. The van der Waals surface area contributed by atoms with E-state index in [1.807, 2.05) is 17.8 Å². The summed E-state index contributed by atoms with van der Waals surface area (Å²) in [6, 6.07) is 1.86.